The molecule has 3 N–H and O–H groups in total. The molecular formula is C74H145NO5. The Labute approximate surface area is 501 Å². The van der Waals surface area contributed by atoms with E-state index in [0.717, 1.165) is 38.5 Å². The second-order valence-corrected chi connectivity index (χ2v) is 25.6. The van der Waals surface area contributed by atoms with E-state index in [9.17, 15) is 19.8 Å². The Kier molecular flexibility index (Phi) is 68.9. The van der Waals surface area contributed by atoms with Crippen molar-refractivity contribution in [3.8, 4) is 0 Å². The summed E-state index contributed by atoms with van der Waals surface area (Å²) in [4.78, 5) is 24.6. The smallest absolute Gasteiger partial charge is 0.305 e. The third-order valence-corrected chi connectivity index (χ3v) is 17.6. The van der Waals surface area contributed by atoms with Gasteiger partial charge in [-0.1, -0.05) is 373 Å². The lowest BCUT2D eigenvalue weighted by molar-refractivity contribution is -0.143. The highest BCUT2D eigenvalue weighted by Crippen LogP contribution is 2.19. The molecule has 0 radical (unpaired) electrons. The normalized spacial score (nSPS) is 12.5. The van der Waals surface area contributed by atoms with Crippen LogP contribution in [0.2, 0.25) is 0 Å². The fourth-order valence-corrected chi connectivity index (χ4v) is 11.9. The number of hydrogen-bond donors (Lipinski definition) is 3. The number of unbranched alkanes of at least 4 members (excludes halogenated alkanes) is 57. The molecule has 0 saturated heterocycles. The van der Waals surface area contributed by atoms with Gasteiger partial charge in [-0.15, -0.1) is 0 Å². The number of hydrogen-bond acceptors (Lipinski definition) is 5. The van der Waals surface area contributed by atoms with Gasteiger partial charge >= 0.3 is 5.97 Å². The van der Waals surface area contributed by atoms with Crippen LogP contribution in [0.25, 0.3) is 0 Å². The first kappa shape index (κ1) is 78.6. The van der Waals surface area contributed by atoms with Crippen LogP contribution in [0.4, 0.5) is 0 Å². The van der Waals surface area contributed by atoms with Crippen molar-refractivity contribution < 1.29 is 24.5 Å². The number of aliphatic hydroxyl groups is 2. The SMILES string of the molecule is CCCCCCCCCCCCCCCCCCC(=O)OCCCCCCCCCCCCCC/C=C\CCCCCCCCCCCCCCCCCC(=O)NC(CO)C(O)CCCCCCCCCCCCCCCCCC. The molecule has 0 spiro atoms. The number of nitrogens with one attached hydrogen (secondary N) is 1. The molecule has 0 fully saturated rings. The number of carbonyl (C=O) groups is 2. The van der Waals surface area contributed by atoms with Crippen LogP contribution in [-0.4, -0.2) is 47.4 Å². The summed E-state index contributed by atoms with van der Waals surface area (Å²) in [6.45, 7) is 5.00. The molecule has 0 aromatic heterocycles. The maximum atomic E-state index is 12.5. The van der Waals surface area contributed by atoms with Gasteiger partial charge in [0.1, 0.15) is 0 Å². The molecule has 0 aliphatic rings. The average Bonchev–Trinajstić information content (AvgIpc) is 3.46. The standard InChI is InChI=1S/C74H145NO5/c1-3-5-7-9-11-13-15-17-19-38-42-46-50-54-58-62-66-72(77)71(70-76)75-73(78)67-63-59-55-51-47-43-39-36-34-32-30-28-26-24-22-21-23-25-27-29-31-33-35-37-41-45-49-53-57-61-65-69-80-74(79)68-64-60-56-52-48-44-40-20-18-16-14-12-10-8-6-4-2/h23,25,71-72,76-77H,3-22,24,26-70H2,1-2H3,(H,75,78)/b25-23-. The number of allylic oxidation sites excluding steroid dienone is 2. The van der Waals surface area contributed by atoms with Crippen molar-refractivity contribution in [1.29, 1.82) is 0 Å². The largest absolute Gasteiger partial charge is 0.466 e. The molecule has 6 nitrogen and oxygen atoms in total. The zero-order chi connectivity index (χ0) is 57.8. The van der Waals surface area contributed by atoms with E-state index in [2.05, 4.69) is 31.3 Å². The Morgan fingerprint density at radius 3 is 0.887 bits per heavy atom. The van der Waals surface area contributed by atoms with Crippen molar-refractivity contribution in [3.63, 3.8) is 0 Å². The summed E-state index contributed by atoms with van der Waals surface area (Å²) in [5.41, 5.74) is 0. The summed E-state index contributed by atoms with van der Waals surface area (Å²) in [7, 11) is 0. The van der Waals surface area contributed by atoms with E-state index in [0.29, 0.717) is 25.9 Å². The van der Waals surface area contributed by atoms with Gasteiger partial charge in [-0.25, -0.2) is 0 Å². The van der Waals surface area contributed by atoms with Crippen LogP contribution in [0.5, 0.6) is 0 Å². The Bertz CT molecular complexity index is 1210. The fourth-order valence-electron chi connectivity index (χ4n) is 11.9. The molecular weight excluding hydrogens is 983 g/mol. The molecule has 2 atom stereocenters. The molecule has 2 unspecified atom stereocenters. The average molecular weight is 1130 g/mol. The number of esters is 1. The summed E-state index contributed by atoms with van der Waals surface area (Å²) in [5, 5.41) is 23.4. The maximum Gasteiger partial charge on any atom is 0.305 e. The minimum atomic E-state index is -0.662. The summed E-state index contributed by atoms with van der Waals surface area (Å²) in [6.07, 6.45) is 87.1. The highest BCUT2D eigenvalue weighted by Gasteiger charge is 2.20. The zero-order valence-electron chi connectivity index (χ0n) is 54.6. The molecule has 0 heterocycles. The lowest BCUT2D eigenvalue weighted by atomic mass is 10.0. The van der Waals surface area contributed by atoms with Crippen molar-refractivity contribution >= 4 is 11.9 Å². The van der Waals surface area contributed by atoms with E-state index in [4.69, 9.17) is 4.74 Å². The fraction of sp³-hybridized carbons (Fsp3) is 0.946. The van der Waals surface area contributed by atoms with Gasteiger partial charge < -0.3 is 20.3 Å². The Morgan fingerprint density at radius 1 is 0.338 bits per heavy atom. The molecule has 0 saturated carbocycles. The molecule has 476 valence electrons. The van der Waals surface area contributed by atoms with E-state index >= 15 is 0 Å². The van der Waals surface area contributed by atoms with E-state index in [1.165, 1.54) is 353 Å². The number of ether oxygens (including phenoxy) is 1. The number of carbonyl (C=O) groups excluding carboxylic acids is 2. The van der Waals surface area contributed by atoms with Crippen LogP contribution in [-0.2, 0) is 14.3 Å². The van der Waals surface area contributed by atoms with Gasteiger partial charge in [-0.3, -0.25) is 9.59 Å². The molecule has 0 aliphatic heterocycles. The monoisotopic (exact) mass is 1130 g/mol. The first-order chi connectivity index (χ1) is 39.5. The molecule has 1 amide bonds. The maximum absolute atomic E-state index is 12.5. The lowest BCUT2D eigenvalue weighted by Gasteiger charge is -2.22. The Balaban J connectivity index is 3.34. The van der Waals surface area contributed by atoms with E-state index in [-0.39, 0.29) is 18.5 Å². The van der Waals surface area contributed by atoms with Crippen LogP contribution >= 0.6 is 0 Å². The van der Waals surface area contributed by atoms with Crippen LogP contribution < -0.4 is 5.32 Å². The second kappa shape index (κ2) is 70.1. The van der Waals surface area contributed by atoms with Gasteiger partial charge in [0.25, 0.3) is 0 Å². The summed E-state index contributed by atoms with van der Waals surface area (Å²) in [6, 6.07) is -0.539. The van der Waals surface area contributed by atoms with Gasteiger partial charge in [-0.2, -0.15) is 0 Å². The zero-order valence-corrected chi connectivity index (χ0v) is 54.6. The molecule has 0 rings (SSSR count). The van der Waals surface area contributed by atoms with E-state index in [1.54, 1.807) is 0 Å². The molecule has 0 bridgehead atoms. The van der Waals surface area contributed by atoms with Gasteiger partial charge in [0.05, 0.1) is 25.4 Å². The van der Waals surface area contributed by atoms with Crippen LogP contribution in [0, 0.1) is 0 Å². The predicted molar refractivity (Wildman–Crippen MR) is 352 cm³/mol. The summed E-state index contributed by atoms with van der Waals surface area (Å²) in [5.74, 6) is -0.00675. The summed E-state index contributed by atoms with van der Waals surface area (Å²) >= 11 is 0. The van der Waals surface area contributed by atoms with Gasteiger partial charge in [0, 0.05) is 12.8 Å². The lowest BCUT2D eigenvalue weighted by Crippen LogP contribution is -2.45. The molecule has 0 aromatic rings. The Hall–Kier alpha value is -1.40. The predicted octanol–water partition coefficient (Wildman–Crippen LogP) is 23.9. The molecule has 80 heavy (non-hydrogen) atoms. The Morgan fingerprint density at radius 2 is 0.588 bits per heavy atom. The molecule has 0 aromatic carbocycles. The molecule has 6 heteroatoms. The van der Waals surface area contributed by atoms with Crippen molar-refractivity contribution in [2.75, 3.05) is 13.2 Å². The minimum Gasteiger partial charge on any atom is -0.466 e. The third-order valence-electron chi connectivity index (χ3n) is 17.6. The first-order valence-electron chi connectivity index (χ1n) is 36.9. The second-order valence-electron chi connectivity index (χ2n) is 25.6. The third kappa shape index (κ3) is 65.7. The molecule has 0 aliphatic carbocycles. The first-order valence-corrected chi connectivity index (χ1v) is 36.9. The topological polar surface area (TPSA) is 95.9 Å². The van der Waals surface area contributed by atoms with Crippen LogP contribution in [0.1, 0.15) is 425 Å². The minimum absolute atomic E-state index is 0.0222. The van der Waals surface area contributed by atoms with Gasteiger partial charge in [0.15, 0.2) is 0 Å². The number of amides is 1. The summed E-state index contributed by atoms with van der Waals surface area (Å²) < 4.78 is 5.51. The van der Waals surface area contributed by atoms with Crippen molar-refractivity contribution in [2.24, 2.45) is 0 Å². The van der Waals surface area contributed by atoms with Gasteiger partial charge in [-0.05, 0) is 51.4 Å². The van der Waals surface area contributed by atoms with Gasteiger partial charge in [0.2, 0.25) is 5.91 Å². The van der Waals surface area contributed by atoms with Crippen LogP contribution in [0.3, 0.4) is 0 Å². The number of aliphatic hydroxyl groups excluding tert-OH is 2. The quantitative estimate of drug-likeness (QED) is 0.0320. The van der Waals surface area contributed by atoms with Crippen molar-refractivity contribution in [1.82, 2.24) is 5.32 Å². The highest BCUT2D eigenvalue weighted by atomic mass is 16.5. The highest BCUT2D eigenvalue weighted by molar-refractivity contribution is 5.76. The van der Waals surface area contributed by atoms with E-state index < -0.39 is 12.1 Å². The van der Waals surface area contributed by atoms with Crippen molar-refractivity contribution in [2.45, 2.75) is 437 Å². The van der Waals surface area contributed by atoms with E-state index in [1.807, 2.05) is 0 Å². The van der Waals surface area contributed by atoms with Crippen molar-refractivity contribution in [3.05, 3.63) is 12.2 Å². The van der Waals surface area contributed by atoms with Crippen LogP contribution in [0.15, 0.2) is 12.2 Å². The number of rotatable bonds is 70.